The molecule has 30 heavy (non-hydrogen) atoms. The number of morpholine rings is 1. The lowest BCUT2D eigenvalue weighted by molar-refractivity contribution is 0.122. The molecule has 0 bridgehead atoms. The molecule has 1 aliphatic carbocycles. The number of fused-ring (bicyclic) bond motifs is 3. The fourth-order valence-electron chi connectivity index (χ4n) is 3.87. The maximum absolute atomic E-state index is 5.45. The second-order valence-corrected chi connectivity index (χ2v) is 10.5. The Morgan fingerprint density at radius 1 is 1.07 bits per heavy atom. The highest BCUT2D eigenvalue weighted by molar-refractivity contribution is 8.01. The molecular formula is C20H18N6OS3. The van der Waals surface area contributed by atoms with Crippen molar-refractivity contribution < 1.29 is 4.74 Å². The standard InChI is InChI=1S/C20H18N6OS3/c1-4-13-14(5-1)28-17-15(13)18(23-16(22-17)12-3-2-6-21-11-12)29-20-25-24-19(30-20)26-7-9-27-10-8-26/h2-3,6,11H,1,4-5,7-10H2. The summed E-state index contributed by atoms with van der Waals surface area (Å²) in [5.41, 5.74) is 2.36. The van der Waals surface area contributed by atoms with Crippen molar-refractivity contribution in [1.29, 1.82) is 0 Å². The molecule has 10 heteroatoms. The summed E-state index contributed by atoms with van der Waals surface area (Å²) in [6, 6.07) is 3.93. The monoisotopic (exact) mass is 454 g/mol. The number of nitrogens with zero attached hydrogens (tertiary/aromatic N) is 6. The van der Waals surface area contributed by atoms with Crippen LogP contribution in [-0.4, -0.2) is 51.5 Å². The van der Waals surface area contributed by atoms with Gasteiger partial charge in [-0.3, -0.25) is 4.98 Å². The van der Waals surface area contributed by atoms with Gasteiger partial charge in [-0.25, -0.2) is 9.97 Å². The van der Waals surface area contributed by atoms with Crippen LogP contribution in [0.3, 0.4) is 0 Å². The van der Waals surface area contributed by atoms with Crippen LogP contribution < -0.4 is 4.90 Å². The lowest BCUT2D eigenvalue weighted by Gasteiger charge is -2.25. The molecule has 0 amide bonds. The average molecular weight is 455 g/mol. The Bertz CT molecular complexity index is 1200. The first-order chi connectivity index (χ1) is 14.8. The lowest BCUT2D eigenvalue weighted by atomic mass is 10.2. The molecule has 0 spiro atoms. The van der Waals surface area contributed by atoms with E-state index in [9.17, 15) is 0 Å². The van der Waals surface area contributed by atoms with Crippen molar-refractivity contribution in [2.24, 2.45) is 0 Å². The van der Waals surface area contributed by atoms with E-state index in [2.05, 4.69) is 20.1 Å². The summed E-state index contributed by atoms with van der Waals surface area (Å²) in [4.78, 5) is 18.8. The molecule has 0 aromatic carbocycles. The number of aromatic nitrogens is 5. The predicted octanol–water partition coefficient (Wildman–Crippen LogP) is 4.08. The van der Waals surface area contributed by atoms with Crippen LogP contribution >= 0.6 is 34.4 Å². The van der Waals surface area contributed by atoms with Gasteiger partial charge in [-0.2, -0.15) is 0 Å². The molecule has 4 aromatic heterocycles. The minimum atomic E-state index is 0.718. The van der Waals surface area contributed by atoms with Gasteiger partial charge in [0.05, 0.1) is 13.2 Å². The van der Waals surface area contributed by atoms with Crippen molar-refractivity contribution in [3.8, 4) is 11.4 Å². The number of thiophene rings is 1. The van der Waals surface area contributed by atoms with E-state index in [0.717, 1.165) is 69.9 Å². The van der Waals surface area contributed by atoms with Gasteiger partial charge in [-0.05, 0) is 48.7 Å². The molecule has 1 aliphatic heterocycles. The van der Waals surface area contributed by atoms with Crippen LogP contribution in [-0.2, 0) is 17.6 Å². The first-order valence-electron chi connectivity index (χ1n) is 9.92. The fraction of sp³-hybridized carbons (Fsp3) is 0.350. The van der Waals surface area contributed by atoms with E-state index in [1.807, 2.05) is 29.7 Å². The highest BCUT2D eigenvalue weighted by Gasteiger charge is 2.24. The summed E-state index contributed by atoms with van der Waals surface area (Å²) in [7, 11) is 0. The Kier molecular flexibility index (Phi) is 4.87. The van der Waals surface area contributed by atoms with Gasteiger partial charge in [0, 0.05) is 41.3 Å². The van der Waals surface area contributed by atoms with Crippen molar-refractivity contribution in [2.45, 2.75) is 28.6 Å². The molecular weight excluding hydrogens is 436 g/mol. The third-order valence-corrected chi connectivity index (χ3v) is 8.52. The quantitative estimate of drug-likeness (QED) is 0.427. The van der Waals surface area contributed by atoms with Crippen molar-refractivity contribution in [2.75, 3.05) is 31.2 Å². The van der Waals surface area contributed by atoms with Crippen molar-refractivity contribution in [3.05, 3.63) is 35.0 Å². The smallest absolute Gasteiger partial charge is 0.209 e. The van der Waals surface area contributed by atoms with Crippen molar-refractivity contribution >= 4 is 49.8 Å². The van der Waals surface area contributed by atoms with E-state index < -0.39 is 0 Å². The largest absolute Gasteiger partial charge is 0.378 e. The van der Waals surface area contributed by atoms with E-state index in [4.69, 9.17) is 14.7 Å². The normalized spacial score (nSPS) is 16.3. The van der Waals surface area contributed by atoms with Crippen LogP contribution in [0.4, 0.5) is 5.13 Å². The molecule has 0 atom stereocenters. The van der Waals surface area contributed by atoms with E-state index in [1.165, 1.54) is 22.2 Å². The number of anilines is 1. The highest BCUT2D eigenvalue weighted by atomic mass is 32.2. The molecule has 0 saturated carbocycles. The Morgan fingerprint density at radius 3 is 2.87 bits per heavy atom. The van der Waals surface area contributed by atoms with E-state index >= 15 is 0 Å². The van der Waals surface area contributed by atoms with E-state index in [1.54, 1.807) is 29.3 Å². The van der Waals surface area contributed by atoms with Crippen LogP contribution in [0, 0.1) is 0 Å². The maximum Gasteiger partial charge on any atom is 0.209 e. The summed E-state index contributed by atoms with van der Waals surface area (Å²) in [5.74, 6) is 0.718. The summed E-state index contributed by atoms with van der Waals surface area (Å²) >= 11 is 5.03. The summed E-state index contributed by atoms with van der Waals surface area (Å²) < 4.78 is 6.36. The Balaban J connectivity index is 1.41. The zero-order valence-electron chi connectivity index (χ0n) is 16.1. The zero-order chi connectivity index (χ0) is 19.9. The molecule has 0 unspecified atom stereocenters. The van der Waals surface area contributed by atoms with Crippen molar-refractivity contribution in [1.82, 2.24) is 25.1 Å². The molecule has 152 valence electrons. The second-order valence-electron chi connectivity index (χ2n) is 7.18. The van der Waals surface area contributed by atoms with Crippen molar-refractivity contribution in [3.63, 3.8) is 0 Å². The molecule has 7 nitrogen and oxygen atoms in total. The Labute approximate surface area is 185 Å². The topological polar surface area (TPSA) is 76.9 Å². The second kappa shape index (κ2) is 7.84. The van der Waals surface area contributed by atoms with Gasteiger partial charge in [0.2, 0.25) is 5.13 Å². The van der Waals surface area contributed by atoms with E-state index in [-0.39, 0.29) is 0 Å². The maximum atomic E-state index is 5.45. The van der Waals surface area contributed by atoms with Crippen LogP contribution in [0.25, 0.3) is 21.6 Å². The highest BCUT2D eigenvalue weighted by Crippen LogP contribution is 2.44. The minimum Gasteiger partial charge on any atom is -0.378 e. The Morgan fingerprint density at radius 2 is 2.00 bits per heavy atom. The lowest BCUT2D eigenvalue weighted by Crippen LogP contribution is -2.36. The summed E-state index contributed by atoms with van der Waals surface area (Å²) in [6.45, 7) is 3.20. The summed E-state index contributed by atoms with van der Waals surface area (Å²) in [5, 5.41) is 12.0. The molecule has 6 rings (SSSR count). The van der Waals surface area contributed by atoms with Gasteiger partial charge in [0.1, 0.15) is 9.86 Å². The van der Waals surface area contributed by atoms with Gasteiger partial charge < -0.3 is 9.64 Å². The van der Waals surface area contributed by atoms with Crippen LogP contribution in [0.2, 0.25) is 0 Å². The molecule has 2 aliphatic rings. The number of pyridine rings is 1. The van der Waals surface area contributed by atoms with Gasteiger partial charge in [0.25, 0.3) is 0 Å². The van der Waals surface area contributed by atoms with Gasteiger partial charge >= 0.3 is 0 Å². The van der Waals surface area contributed by atoms with Crippen LogP contribution in [0.1, 0.15) is 16.9 Å². The third kappa shape index (κ3) is 3.37. The number of aryl methyl sites for hydroxylation is 2. The molecule has 1 fully saturated rings. The van der Waals surface area contributed by atoms with Crippen LogP contribution in [0.15, 0.2) is 33.9 Å². The van der Waals surface area contributed by atoms with Gasteiger partial charge in [-0.15, -0.1) is 21.5 Å². The molecule has 4 aromatic rings. The summed E-state index contributed by atoms with van der Waals surface area (Å²) in [6.07, 6.45) is 7.05. The predicted molar refractivity (Wildman–Crippen MR) is 120 cm³/mol. The first-order valence-corrected chi connectivity index (χ1v) is 12.4. The molecule has 0 N–H and O–H groups in total. The first kappa shape index (κ1) is 18.6. The third-order valence-electron chi connectivity index (χ3n) is 5.31. The Hall–Kier alpha value is -2.14. The SMILES string of the molecule is c1cncc(-c2nc(Sc3nnc(N4CCOCC4)s3)c3c4c(sc3n2)CCC4)c1. The minimum absolute atomic E-state index is 0.718. The van der Waals surface area contributed by atoms with Gasteiger partial charge in [-0.1, -0.05) is 11.3 Å². The number of hydrogen-bond acceptors (Lipinski definition) is 10. The number of hydrogen-bond donors (Lipinski definition) is 0. The van der Waals surface area contributed by atoms with E-state index in [0.29, 0.717) is 0 Å². The number of ether oxygens (including phenoxy) is 1. The van der Waals surface area contributed by atoms with Crippen LogP contribution in [0.5, 0.6) is 0 Å². The van der Waals surface area contributed by atoms with Gasteiger partial charge in [0.15, 0.2) is 10.2 Å². The average Bonchev–Trinajstić information content (AvgIpc) is 3.51. The number of rotatable bonds is 4. The fourth-order valence-corrected chi connectivity index (χ4v) is 7.15. The zero-order valence-corrected chi connectivity index (χ0v) is 18.5. The molecule has 5 heterocycles. The molecule has 0 radical (unpaired) electrons. The molecule has 1 saturated heterocycles.